The van der Waals surface area contributed by atoms with Gasteiger partial charge in [-0.05, 0) is 56.0 Å². The van der Waals surface area contributed by atoms with Gasteiger partial charge in [0.05, 0.1) is 0 Å². The number of hydrogen-bond acceptors (Lipinski definition) is 3. The maximum Gasteiger partial charge on any atom is 0.211 e. The predicted molar refractivity (Wildman–Crippen MR) is 75.5 cm³/mol. The van der Waals surface area contributed by atoms with Crippen molar-refractivity contribution >= 4 is 11.5 Å². The number of carbonyl (C=O) groups is 1. The third-order valence-electron chi connectivity index (χ3n) is 3.00. The van der Waals surface area contributed by atoms with Crippen LogP contribution in [0.5, 0.6) is 0 Å². The Morgan fingerprint density at radius 3 is 2.48 bits per heavy atom. The fraction of sp³-hybridized carbons (Fsp3) is 0. The lowest BCUT2D eigenvalue weighted by molar-refractivity contribution is 0.105. The lowest BCUT2D eigenvalue weighted by atomic mass is 10.0. The quantitative estimate of drug-likeness (QED) is 0.638. The first-order valence-electron chi connectivity index (χ1n) is 6.33. The average molecular weight is 280 g/mol. The normalized spacial score (nSPS) is 16.3. The zero-order chi connectivity index (χ0) is 14.7. The molecule has 1 aliphatic carbocycles. The van der Waals surface area contributed by atoms with Crippen LogP contribution in [0.1, 0.15) is 10.4 Å². The van der Waals surface area contributed by atoms with Crippen LogP contribution in [0.3, 0.4) is 0 Å². The third kappa shape index (κ3) is 3.07. The van der Waals surface area contributed by atoms with Crippen molar-refractivity contribution in [3.8, 4) is 0 Å². The summed E-state index contributed by atoms with van der Waals surface area (Å²) in [5.41, 5.74) is 0.745. The van der Waals surface area contributed by atoms with Gasteiger partial charge in [-0.3, -0.25) is 4.79 Å². The number of rotatable bonds is 4. The summed E-state index contributed by atoms with van der Waals surface area (Å²) in [6, 6.07) is 5.42. The Kier molecular flexibility index (Phi) is 3.90. The predicted octanol–water partition coefficient (Wildman–Crippen LogP) is 2.55. The van der Waals surface area contributed by atoms with E-state index in [-0.39, 0.29) is 11.6 Å². The van der Waals surface area contributed by atoms with Gasteiger partial charge in [0.25, 0.3) is 0 Å². The summed E-state index contributed by atoms with van der Waals surface area (Å²) in [6.07, 6.45) is 12.1. The molecule has 5 heteroatoms. The molecule has 1 aromatic heterocycles. The summed E-state index contributed by atoms with van der Waals surface area (Å²) in [7, 11) is 0. The van der Waals surface area contributed by atoms with Gasteiger partial charge in [-0.15, -0.1) is 0 Å². The Hall–Kier alpha value is -2.30. The number of Topliss-reactive ketones (excluding diaryl/α,β-unsaturated/α-hetero) is 1. The van der Waals surface area contributed by atoms with E-state index in [0.717, 1.165) is 5.92 Å². The molecule has 3 rings (SSSR count). The molecule has 0 bridgehead atoms. The Morgan fingerprint density at radius 1 is 1.14 bits per heavy atom. The molecule has 0 N–H and O–H groups in total. The van der Waals surface area contributed by atoms with E-state index in [1.165, 1.54) is 41.6 Å². The number of benzene rings is 1. The minimum Gasteiger partial charge on any atom is -0.287 e. The second kappa shape index (κ2) is 5.99. The van der Waals surface area contributed by atoms with Crippen molar-refractivity contribution in [1.82, 2.24) is 14.8 Å². The average Bonchev–Trinajstić information content (AvgIpc) is 3.18. The Labute approximate surface area is 122 Å². The van der Waals surface area contributed by atoms with Crippen molar-refractivity contribution < 1.29 is 9.18 Å². The zero-order valence-corrected chi connectivity index (χ0v) is 11.0. The van der Waals surface area contributed by atoms with Crippen LogP contribution in [0.25, 0.3) is 5.70 Å². The molecule has 0 saturated heterocycles. The zero-order valence-electron chi connectivity index (χ0n) is 11.0. The minimum atomic E-state index is -0.381. The van der Waals surface area contributed by atoms with E-state index in [1.54, 1.807) is 6.08 Å². The van der Waals surface area contributed by atoms with Gasteiger partial charge in [-0.2, -0.15) is 5.10 Å². The van der Waals surface area contributed by atoms with Crippen molar-refractivity contribution in [2.75, 3.05) is 0 Å². The molecule has 5 radical (unpaired) electrons. The molecule has 2 aromatic rings. The van der Waals surface area contributed by atoms with Gasteiger partial charge in [0.1, 0.15) is 24.2 Å². The first-order chi connectivity index (χ1) is 10.2. The third-order valence-corrected chi connectivity index (χ3v) is 3.00. The summed E-state index contributed by atoms with van der Waals surface area (Å²) < 4.78 is 14.4. The molecule has 0 amide bonds. The van der Waals surface area contributed by atoms with Gasteiger partial charge < -0.3 is 0 Å². The van der Waals surface area contributed by atoms with Crippen LogP contribution in [0, 0.1) is 37.4 Å². The number of halogens is 1. The molecule has 0 unspecified atom stereocenters. The first-order valence-corrected chi connectivity index (χ1v) is 6.33. The second-order valence-electron chi connectivity index (χ2n) is 4.42. The van der Waals surface area contributed by atoms with E-state index in [9.17, 15) is 9.18 Å². The van der Waals surface area contributed by atoms with Crippen LogP contribution in [-0.2, 0) is 0 Å². The molecular weight excluding hydrogens is 269 g/mol. The van der Waals surface area contributed by atoms with Crippen LogP contribution in [0.15, 0.2) is 43.0 Å². The van der Waals surface area contributed by atoms with E-state index in [2.05, 4.69) is 10.1 Å². The van der Waals surface area contributed by atoms with Crippen LogP contribution in [-0.4, -0.2) is 20.5 Å². The lowest BCUT2D eigenvalue weighted by Crippen LogP contribution is -2.11. The fourth-order valence-electron chi connectivity index (χ4n) is 1.96. The SMILES string of the molecule is O=C(/C(=C/[C]1[CH][CH][CH][CH]1)n1cncn1)c1ccc(F)cc1. The molecule has 1 aromatic carbocycles. The highest BCUT2D eigenvalue weighted by Crippen LogP contribution is 2.27. The summed E-state index contributed by atoms with van der Waals surface area (Å²) in [6.45, 7) is 0. The molecule has 4 nitrogen and oxygen atoms in total. The smallest absolute Gasteiger partial charge is 0.211 e. The Morgan fingerprint density at radius 2 is 1.86 bits per heavy atom. The monoisotopic (exact) mass is 280 g/mol. The van der Waals surface area contributed by atoms with Crippen LogP contribution < -0.4 is 0 Å². The lowest BCUT2D eigenvalue weighted by Gasteiger charge is -2.09. The molecule has 21 heavy (non-hydrogen) atoms. The first kappa shape index (κ1) is 13.7. The van der Waals surface area contributed by atoms with E-state index >= 15 is 0 Å². The maximum atomic E-state index is 13.0. The van der Waals surface area contributed by atoms with Crippen molar-refractivity contribution in [2.24, 2.45) is 0 Å². The van der Waals surface area contributed by atoms with Crippen molar-refractivity contribution in [1.29, 1.82) is 0 Å². The van der Waals surface area contributed by atoms with E-state index < -0.39 is 0 Å². The highest BCUT2D eigenvalue weighted by atomic mass is 19.1. The molecule has 0 aliphatic heterocycles. The van der Waals surface area contributed by atoms with E-state index in [4.69, 9.17) is 0 Å². The molecule has 0 atom stereocenters. The summed E-state index contributed by atoms with van der Waals surface area (Å²) in [5, 5.41) is 4.00. The number of ketones is 1. The van der Waals surface area contributed by atoms with Crippen molar-refractivity contribution in [3.05, 3.63) is 86.0 Å². The topological polar surface area (TPSA) is 47.8 Å². The summed E-state index contributed by atoms with van der Waals surface area (Å²) in [5.74, 6) is 0.256. The maximum absolute atomic E-state index is 13.0. The van der Waals surface area contributed by atoms with Crippen LogP contribution >= 0.6 is 0 Å². The van der Waals surface area contributed by atoms with Gasteiger partial charge in [0.15, 0.2) is 0 Å². The minimum absolute atomic E-state index is 0.248. The van der Waals surface area contributed by atoms with Crippen molar-refractivity contribution in [3.63, 3.8) is 0 Å². The summed E-state index contributed by atoms with van der Waals surface area (Å²) in [4.78, 5) is 16.5. The standard InChI is InChI=1S/C16H11FN3O/c17-14-7-5-13(6-8-14)16(21)15(20-11-18-10-19-20)9-12-3-1-2-4-12/h1-11H/b15-9-. The van der Waals surface area contributed by atoms with Crippen LogP contribution in [0.4, 0.5) is 4.39 Å². The van der Waals surface area contributed by atoms with Gasteiger partial charge >= 0.3 is 0 Å². The highest BCUT2D eigenvalue weighted by Gasteiger charge is 2.21. The molecular formula is C16H11FN3O. The Balaban J connectivity index is 1.94. The molecule has 1 saturated carbocycles. The molecule has 1 heterocycles. The number of allylic oxidation sites excluding steroid dienone is 2. The molecule has 103 valence electrons. The number of carbonyl (C=O) groups excluding carboxylic acids is 1. The van der Waals surface area contributed by atoms with Gasteiger partial charge in [-0.1, -0.05) is 0 Å². The number of hydrogen-bond donors (Lipinski definition) is 0. The number of nitrogens with zero attached hydrogens (tertiary/aromatic N) is 3. The number of aromatic nitrogens is 3. The van der Waals surface area contributed by atoms with E-state index in [0.29, 0.717) is 11.3 Å². The summed E-state index contributed by atoms with van der Waals surface area (Å²) >= 11 is 0. The van der Waals surface area contributed by atoms with Crippen molar-refractivity contribution in [2.45, 2.75) is 0 Å². The fourth-order valence-corrected chi connectivity index (χ4v) is 1.96. The highest BCUT2D eigenvalue weighted by molar-refractivity contribution is 6.24. The van der Waals surface area contributed by atoms with Gasteiger partial charge in [0, 0.05) is 11.5 Å². The second-order valence-corrected chi connectivity index (χ2v) is 4.42. The van der Waals surface area contributed by atoms with Gasteiger partial charge in [0.2, 0.25) is 5.78 Å². The molecule has 0 spiro atoms. The van der Waals surface area contributed by atoms with E-state index in [1.807, 2.05) is 25.7 Å². The molecule has 1 fully saturated rings. The largest absolute Gasteiger partial charge is 0.287 e. The van der Waals surface area contributed by atoms with Gasteiger partial charge in [-0.25, -0.2) is 14.1 Å². The Bertz CT molecular complexity index is 641. The molecule has 1 aliphatic rings. The van der Waals surface area contributed by atoms with Crippen LogP contribution in [0.2, 0.25) is 0 Å².